The highest BCUT2D eigenvalue weighted by atomic mass is 32.2. The quantitative estimate of drug-likeness (QED) is 0.270. The van der Waals surface area contributed by atoms with Gasteiger partial charge < -0.3 is 0 Å². The van der Waals surface area contributed by atoms with Gasteiger partial charge in [0.25, 0.3) is 5.56 Å². The number of fused-ring (bicyclic) bond motifs is 3. The molecule has 6 heteroatoms. The first-order chi connectivity index (χ1) is 15.0. The monoisotopic (exact) mass is 450 g/mol. The van der Waals surface area contributed by atoms with Crippen molar-refractivity contribution in [3.63, 3.8) is 0 Å². The van der Waals surface area contributed by atoms with Crippen molar-refractivity contribution in [1.29, 1.82) is 0 Å². The van der Waals surface area contributed by atoms with Crippen molar-refractivity contribution in [3.8, 4) is 5.69 Å². The maximum Gasteiger partial charge on any atom is 0.267 e. The molecule has 1 aliphatic carbocycles. The fourth-order valence-corrected chi connectivity index (χ4v) is 6.51. The number of halogens is 1. The SMILES string of the molecule is Cc1ccc(-n2c(SCc3ccc(F)cc3)nc3sc4c(c3c2=O)CCC(C)C4)cc1. The van der Waals surface area contributed by atoms with Crippen LogP contribution in [0.3, 0.4) is 0 Å². The number of nitrogens with zero attached hydrogens (tertiary/aromatic N) is 2. The number of thioether (sulfide) groups is 1. The molecule has 0 radical (unpaired) electrons. The third-order valence-corrected chi connectivity index (χ3v) is 8.03. The van der Waals surface area contributed by atoms with Crippen LogP contribution in [0.2, 0.25) is 0 Å². The molecule has 2 aromatic carbocycles. The molecular formula is C25H23FN2OS2. The normalized spacial score (nSPS) is 15.9. The van der Waals surface area contributed by atoms with Crippen molar-refractivity contribution in [1.82, 2.24) is 9.55 Å². The highest BCUT2D eigenvalue weighted by Gasteiger charge is 2.25. The maximum atomic E-state index is 13.8. The Morgan fingerprint density at radius 3 is 2.65 bits per heavy atom. The Balaban J connectivity index is 1.65. The Bertz CT molecular complexity index is 1310. The van der Waals surface area contributed by atoms with Crippen molar-refractivity contribution >= 4 is 33.3 Å². The largest absolute Gasteiger partial charge is 0.268 e. The molecule has 158 valence electrons. The number of hydrogen-bond acceptors (Lipinski definition) is 4. The molecule has 3 nitrogen and oxygen atoms in total. The summed E-state index contributed by atoms with van der Waals surface area (Å²) in [6.45, 7) is 4.31. The second-order valence-electron chi connectivity index (χ2n) is 8.32. The van der Waals surface area contributed by atoms with Gasteiger partial charge in [-0.15, -0.1) is 11.3 Å². The predicted octanol–water partition coefficient (Wildman–Crippen LogP) is 6.31. The van der Waals surface area contributed by atoms with E-state index in [9.17, 15) is 9.18 Å². The van der Waals surface area contributed by atoms with Crippen molar-refractivity contribution in [2.75, 3.05) is 0 Å². The van der Waals surface area contributed by atoms with E-state index >= 15 is 0 Å². The molecule has 2 aromatic heterocycles. The minimum Gasteiger partial charge on any atom is -0.268 e. The Morgan fingerprint density at radius 2 is 1.90 bits per heavy atom. The van der Waals surface area contributed by atoms with Crippen LogP contribution in [0.15, 0.2) is 58.5 Å². The van der Waals surface area contributed by atoms with Gasteiger partial charge in [0.1, 0.15) is 10.6 Å². The Labute approximate surface area is 189 Å². The second kappa shape index (κ2) is 8.24. The van der Waals surface area contributed by atoms with Crippen LogP contribution in [0, 0.1) is 18.7 Å². The fourth-order valence-electron chi connectivity index (χ4n) is 4.12. The van der Waals surface area contributed by atoms with E-state index in [4.69, 9.17) is 4.98 Å². The molecule has 31 heavy (non-hydrogen) atoms. The second-order valence-corrected chi connectivity index (χ2v) is 10.3. The van der Waals surface area contributed by atoms with Gasteiger partial charge in [-0.25, -0.2) is 9.37 Å². The molecule has 0 N–H and O–H groups in total. The Hall–Kier alpha value is -2.44. The summed E-state index contributed by atoms with van der Waals surface area (Å²) < 4.78 is 15.0. The third kappa shape index (κ3) is 3.94. The lowest BCUT2D eigenvalue weighted by molar-refractivity contribution is 0.509. The molecule has 0 fully saturated rings. The van der Waals surface area contributed by atoms with Gasteiger partial charge in [0.2, 0.25) is 0 Å². The first-order valence-electron chi connectivity index (χ1n) is 10.5. The fraction of sp³-hybridized carbons (Fsp3) is 0.280. The summed E-state index contributed by atoms with van der Waals surface area (Å²) in [7, 11) is 0. The highest BCUT2D eigenvalue weighted by molar-refractivity contribution is 7.98. The van der Waals surface area contributed by atoms with Crippen molar-refractivity contribution in [2.45, 2.75) is 44.0 Å². The van der Waals surface area contributed by atoms with E-state index in [0.717, 1.165) is 46.3 Å². The summed E-state index contributed by atoms with van der Waals surface area (Å²) in [6, 6.07) is 14.5. The van der Waals surface area contributed by atoms with Crippen LogP contribution in [-0.4, -0.2) is 9.55 Å². The molecule has 0 bridgehead atoms. The predicted molar refractivity (Wildman–Crippen MR) is 127 cm³/mol. The van der Waals surface area contributed by atoms with Crippen LogP contribution >= 0.6 is 23.1 Å². The van der Waals surface area contributed by atoms with Gasteiger partial charge in [-0.2, -0.15) is 0 Å². The molecule has 0 aliphatic heterocycles. The van der Waals surface area contributed by atoms with Crippen molar-refractivity contribution < 1.29 is 4.39 Å². The van der Waals surface area contributed by atoms with Gasteiger partial charge in [-0.3, -0.25) is 9.36 Å². The first-order valence-corrected chi connectivity index (χ1v) is 12.3. The van der Waals surface area contributed by atoms with Crippen LogP contribution in [-0.2, 0) is 18.6 Å². The summed E-state index contributed by atoms with van der Waals surface area (Å²) in [5.41, 5.74) is 4.19. The number of aromatic nitrogens is 2. The van der Waals surface area contributed by atoms with E-state index < -0.39 is 0 Å². The van der Waals surface area contributed by atoms with Gasteiger partial charge >= 0.3 is 0 Å². The summed E-state index contributed by atoms with van der Waals surface area (Å²) in [4.78, 5) is 20.9. The van der Waals surface area contributed by atoms with Crippen LogP contribution in [0.4, 0.5) is 4.39 Å². The average molecular weight is 451 g/mol. The van der Waals surface area contributed by atoms with E-state index in [2.05, 4.69) is 6.92 Å². The molecule has 1 aliphatic rings. The summed E-state index contributed by atoms with van der Waals surface area (Å²) >= 11 is 3.19. The van der Waals surface area contributed by atoms with Crippen LogP contribution in [0.1, 0.15) is 34.9 Å². The topological polar surface area (TPSA) is 34.9 Å². The number of rotatable bonds is 4. The molecule has 2 heterocycles. The van der Waals surface area contributed by atoms with Crippen LogP contribution in [0.5, 0.6) is 0 Å². The summed E-state index contributed by atoms with van der Waals surface area (Å²) in [5, 5.41) is 1.47. The molecule has 1 atom stereocenters. The third-order valence-electron chi connectivity index (χ3n) is 5.87. The number of benzene rings is 2. The lowest BCUT2D eigenvalue weighted by Crippen LogP contribution is -2.22. The standard InChI is InChI=1S/C25H23FN2OS2/c1-15-3-10-19(11-4-15)28-24(29)22-20-12-5-16(2)13-21(20)31-23(22)27-25(28)30-14-17-6-8-18(26)9-7-17/h3-4,6-11,16H,5,12-14H2,1-2H3. The molecule has 0 saturated carbocycles. The van der Waals surface area contributed by atoms with E-state index in [1.165, 1.54) is 34.3 Å². The molecule has 0 amide bonds. The van der Waals surface area contributed by atoms with E-state index in [0.29, 0.717) is 16.8 Å². The number of thiophene rings is 1. The van der Waals surface area contributed by atoms with Crippen LogP contribution < -0.4 is 5.56 Å². The highest BCUT2D eigenvalue weighted by Crippen LogP contribution is 2.37. The molecule has 0 saturated heterocycles. The lowest BCUT2D eigenvalue weighted by Gasteiger charge is -2.18. The number of aryl methyl sites for hydroxylation is 2. The van der Waals surface area contributed by atoms with Gasteiger partial charge in [0.05, 0.1) is 11.1 Å². The van der Waals surface area contributed by atoms with Crippen LogP contribution in [0.25, 0.3) is 15.9 Å². The lowest BCUT2D eigenvalue weighted by atomic mass is 9.89. The minimum atomic E-state index is -0.247. The van der Waals surface area contributed by atoms with Crippen molar-refractivity contribution in [2.24, 2.45) is 5.92 Å². The zero-order valence-electron chi connectivity index (χ0n) is 17.5. The first kappa shape index (κ1) is 20.5. The van der Waals surface area contributed by atoms with E-state index in [1.807, 2.05) is 31.2 Å². The average Bonchev–Trinajstić information content (AvgIpc) is 3.12. The molecule has 5 rings (SSSR count). The van der Waals surface area contributed by atoms with Crippen molar-refractivity contribution in [3.05, 3.63) is 86.3 Å². The summed E-state index contributed by atoms with van der Waals surface area (Å²) in [6.07, 6.45) is 3.09. The van der Waals surface area contributed by atoms with Gasteiger partial charge in [-0.05, 0) is 67.5 Å². The zero-order chi connectivity index (χ0) is 21.5. The Kier molecular flexibility index (Phi) is 5.44. The minimum absolute atomic E-state index is 0.0162. The number of hydrogen-bond donors (Lipinski definition) is 0. The van der Waals surface area contributed by atoms with Gasteiger partial charge in [-0.1, -0.05) is 48.5 Å². The van der Waals surface area contributed by atoms with E-state index in [-0.39, 0.29) is 11.4 Å². The van der Waals surface area contributed by atoms with E-state index in [1.54, 1.807) is 28.0 Å². The Morgan fingerprint density at radius 1 is 1.16 bits per heavy atom. The summed E-state index contributed by atoms with van der Waals surface area (Å²) in [5.74, 6) is 1.02. The van der Waals surface area contributed by atoms with Gasteiger partial charge in [0.15, 0.2) is 5.16 Å². The maximum absolute atomic E-state index is 13.8. The molecular weight excluding hydrogens is 427 g/mol. The zero-order valence-corrected chi connectivity index (χ0v) is 19.2. The van der Waals surface area contributed by atoms with Gasteiger partial charge in [0, 0.05) is 10.6 Å². The molecule has 0 spiro atoms. The molecule has 4 aromatic rings. The smallest absolute Gasteiger partial charge is 0.267 e. The molecule has 1 unspecified atom stereocenters.